The van der Waals surface area contributed by atoms with Crippen LogP contribution in [0.25, 0.3) is 0 Å². The SMILES string of the molecule is COc1cccc(Sc2ncc(Br)cn2)c1. The minimum Gasteiger partial charge on any atom is -0.497 e. The quantitative estimate of drug-likeness (QED) is 0.813. The summed E-state index contributed by atoms with van der Waals surface area (Å²) < 4.78 is 6.03. The van der Waals surface area contributed by atoms with Crippen molar-refractivity contribution >= 4 is 27.7 Å². The molecular formula is C11H9BrN2OS. The van der Waals surface area contributed by atoms with Gasteiger partial charge in [0.15, 0.2) is 5.16 Å². The van der Waals surface area contributed by atoms with Gasteiger partial charge in [0.05, 0.1) is 11.6 Å². The van der Waals surface area contributed by atoms with Gasteiger partial charge in [-0.05, 0) is 45.9 Å². The second-order valence-corrected chi connectivity index (χ2v) is 4.92. The third kappa shape index (κ3) is 2.96. The van der Waals surface area contributed by atoms with Gasteiger partial charge in [0.25, 0.3) is 0 Å². The zero-order chi connectivity index (χ0) is 11.4. The summed E-state index contributed by atoms with van der Waals surface area (Å²) in [5.41, 5.74) is 0. The van der Waals surface area contributed by atoms with Crippen LogP contribution in [0.2, 0.25) is 0 Å². The Morgan fingerprint density at radius 3 is 2.69 bits per heavy atom. The highest BCUT2D eigenvalue weighted by atomic mass is 79.9. The molecule has 1 heterocycles. The Morgan fingerprint density at radius 2 is 2.00 bits per heavy atom. The van der Waals surface area contributed by atoms with Gasteiger partial charge in [0.1, 0.15) is 5.75 Å². The summed E-state index contributed by atoms with van der Waals surface area (Å²) in [6.45, 7) is 0. The van der Waals surface area contributed by atoms with Crippen molar-refractivity contribution in [3.63, 3.8) is 0 Å². The average molecular weight is 297 g/mol. The number of methoxy groups -OCH3 is 1. The summed E-state index contributed by atoms with van der Waals surface area (Å²) in [6, 6.07) is 7.81. The number of aromatic nitrogens is 2. The largest absolute Gasteiger partial charge is 0.497 e. The number of halogens is 1. The maximum Gasteiger partial charge on any atom is 0.192 e. The van der Waals surface area contributed by atoms with Crippen molar-refractivity contribution in [1.82, 2.24) is 9.97 Å². The van der Waals surface area contributed by atoms with Gasteiger partial charge in [-0.3, -0.25) is 0 Å². The van der Waals surface area contributed by atoms with Crippen molar-refractivity contribution in [2.24, 2.45) is 0 Å². The monoisotopic (exact) mass is 296 g/mol. The lowest BCUT2D eigenvalue weighted by Crippen LogP contribution is -1.86. The van der Waals surface area contributed by atoms with Crippen LogP contribution in [0.1, 0.15) is 0 Å². The number of hydrogen-bond donors (Lipinski definition) is 0. The van der Waals surface area contributed by atoms with Crippen LogP contribution >= 0.6 is 27.7 Å². The fourth-order valence-electron chi connectivity index (χ4n) is 1.12. The van der Waals surface area contributed by atoms with Crippen LogP contribution in [-0.4, -0.2) is 17.1 Å². The van der Waals surface area contributed by atoms with E-state index in [0.29, 0.717) is 0 Å². The van der Waals surface area contributed by atoms with E-state index in [9.17, 15) is 0 Å². The number of nitrogens with zero attached hydrogens (tertiary/aromatic N) is 2. The predicted molar refractivity (Wildman–Crippen MR) is 66.8 cm³/mol. The van der Waals surface area contributed by atoms with Crippen molar-refractivity contribution in [2.45, 2.75) is 10.1 Å². The molecular weight excluding hydrogens is 288 g/mol. The summed E-state index contributed by atoms with van der Waals surface area (Å²) in [4.78, 5) is 9.44. The van der Waals surface area contributed by atoms with E-state index in [0.717, 1.165) is 20.3 Å². The van der Waals surface area contributed by atoms with E-state index < -0.39 is 0 Å². The Hall–Kier alpha value is -1.07. The summed E-state index contributed by atoms with van der Waals surface area (Å²) in [5.74, 6) is 0.835. The lowest BCUT2D eigenvalue weighted by atomic mass is 10.3. The van der Waals surface area contributed by atoms with Gasteiger partial charge < -0.3 is 4.74 Å². The molecule has 0 fully saturated rings. The van der Waals surface area contributed by atoms with Crippen molar-refractivity contribution < 1.29 is 4.74 Å². The molecule has 0 N–H and O–H groups in total. The van der Waals surface area contributed by atoms with Crippen LogP contribution < -0.4 is 4.74 Å². The smallest absolute Gasteiger partial charge is 0.192 e. The molecule has 0 spiro atoms. The lowest BCUT2D eigenvalue weighted by Gasteiger charge is -2.02. The molecule has 0 bridgehead atoms. The van der Waals surface area contributed by atoms with Gasteiger partial charge in [-0.25, -0.2) is 9.97 Å². The fraction of sp³-hybridized carbons (Fsp3) is 0.0909. The van der Waals surface area contributed by atoms with Crippen molar-refractivity contribution in [3.8, 4) is 5.75 Å². The van der Waals surface area contributed by atoms with E-state index >= 15 is 0 Å². The summed E-state index contributed by atoms with van der Waals surface area (Å²) >= 11 is 4.80. The number of benzene rings is 1. The van der Waals surface area contributed by atoms with Gasteiger partial charge in [-0.1, -0.05) is 6.07 Å². The van der Waals surface area contributed by atoms with Gasteiger partial charge in [-0.2, -0.15) is 0 Å². The second kappa shape index (κ2) is 5.32. The maximum absolute atomic E-state index is 5.15. The first-order chi connectivity index (χ1) is 7.78. The lowest BCUT2D eigenvalue weighted by molar-refractivity contribution is 0.413. The molecule has 16 heavy (non-hydrogen) atoms. The second-order valence-electron chi connectivity index (χ2n) is 2.96. The van der Waals surface area contributed by atoms with Gasteiger partial charge in [-0.15, -0.1) is 0 Å². The first kappa shape index (κ1) is 11.4. The molecule has 0 amide bonds. The standard InChI is InChI=1S/C11H9BrN2OS/c1-15-9-3-2-4-10(5-9)16-11-13-6-8(12)7-14-11/h2-7H,1H3. The summed E-state index contributed by atoms with van der Waals surface area (Å²) in [7, 11) is 1.65. The van der Waals surface area contributed by atoms with Crippen LogP contribution in [0.4, 0.5) is 0 Å². The molecule has 0 aliphatic rings. The Kier molecular flexibility index (Phi) is 3.79. The Morgan fingerprint density at radius 1 is 1.25 bits per heavy atom. The van der Waals surface area contributed by atoms with E-state index in [2.05, 4.69) is 25.9 Å². The molecule has 0 aliphatic heterocycles. The molecule has 5 heteroatoms. The molecule has 3 nitrogen and oxygen atoms in total. The summed E-state index contributed by atoms with van der Waals surface area (Å²) in [5, 5.41) is 0.719. The number of ether oxygens (including phenoxy) is 1. The van der Waals surface area contributed by atoms with Gasteiger partial charge in [0, 0.05) is 17.3 Å². The summed E-state index contributed by atoms with van der Waals surface area (Å²) in [6.07, 6.45) is 3.46. The zero-order valence-corrected chi connectivity index (χ0v) is 11.0. The zero-order valence-electron chi connectivity index (χ0n) is 8.55. The first-order valence-corrected chi connectivity index (χ1v) is 6.18. The first-order valence-electron chi connectivity index (χ1n) is 4.57. The molecule has 0 unspecified atom stereocenters. The van der Waals surface area contributed by atoms with E-state index in [4.69, 9.17) is 4.74 Å². The van der Waals surface area contributed by atoms with Crippen LogP contribution in [0.3, 0.4) is 0 Å². The van der Waals surface area contributed by atoms with Crippen molar-refractivity contribution in [3.05, 3.63) is 41.1 Å². The maximum atomic E-state index is 5.15. The predicted octanol–water partition coefficient (Wildman–Crippen LogP) is 3.40. The molecule has 1 aromatic heterocycles. The van der Waals surface area contributed by atoms with Gasteiger partial charge >= 0.3 is 0 Å². The highest BCUT2D eigenvalue weighted by molar-refractivity contribution is 9.10. The normalized spacial score (nSPS) is 10.1. The molecule has 1 aromatic carbocycles. The van der Waals surface area contributed by atoms with Crippen LogP contribution in [-0.2, 0) is 0 Å². The van der Waals surface area contributed by atoms with Crippen molar-refractivity contribution in [2.75, 3.05) is 7.11 Å². The highest BCUT2D eigenvalue weighted by Gasteiger charge is 2.01. The Labute approximate surface area is 106 Å². The third-order valence-corrected chi connectivity index (χ3v) is 3.14. The average Bonchev–Trinajstić information content (AvgIpc) is 2.32. The van der Waals surface area contributed by atoms with Gasteiger partial charge in [0.2, 0.25) is 0 Å². The molecule has 0 saturated heterocycles. The molecule has 82 valence electrons. The molecule has 2 rings (SSSR count). The van der Waals surface area contributed by atoms with Crippen LogP contribution in [0.5, 0.6) is 5.75 Å². The van der Waals surface area contributed by atoms with E-state index in [1.165, 1.54) is 11.8 Å². The van der Waals surface area contributed by atoms with Crippen molar-refractivity contribution in [1.29, 1.82) is 0 Å². The number of hydrogen-bond acceptors (Lipinski definition) is 4. The Bertz CT molecular complexity index is 476. The molecule has 2 aromatic rings. The highest BCUT2D eigenvalue weighted by Crippen LogP contribution is 2.27. The fourth-order valence-corrected chi connectivity index (χ4v) is 2.07. The van der Waals surface area contributed by atoms with E-state index in [-0.39, 0.29) is 0 Å². The molecule has 0 aliphatic carbocycles. The van der Waals surface area contributed by atoms with Crippen LogP contribution in [0, 0.1) is 0 Å². The minimum atomic E-state index is 0.719. The molecule has 0 saturated carbocycles. The molecule has 0 atom stereocenters. The number of rotatable bonds is 3. The third-order valence-electron chi connectivity index (χ3n) is 1.85. The minimum absolute atomic E-state index is 0.719. The van der Waals surface area contributed by atoms with Crippen LogP contribution in [0.15, 0.2) is 51.2 Å². The molecule has 0 radical (unpaired) electrons. The van der Waals surface area contributed by atoms with E-state index in [1.54, 1.807) is 19.5 Å². The van der Waals surface area contributed by atoms with E-state index in [1.807, 2.05) is 24.3 Å². The Balaban J connectivity index is 2.16. The topological polar surface area (TPSA) is 35.0 Å².